The molecule has 2 aromatic heterocycles. The number of carbonyl (C=O) groups excluding carboxylic acids is 1. The molecule has 0 amide bonds. The van der Waals surface area contributed by atoms with Crippen LogP contribution < -0.4 is 5.69 Å². The molecule has 0 radical (unpaired) electrons. The van der Waals surface area contributed by atoms with Crippen molar-refractivity contribution in [1.82, 2.24) is 15.0 Å². The van der Waals surface area contributed by atoms with E-state index in [1.807, 2.05) is 6.92 Å². The predicted octanol–water partition coefficient (Wildman–Crippen LogP) is 0.825. The van der Waals surface area contributed by atoms with Gasteiger partial charge >= 0.3 is 5.69 Å². The zero-order valence-corrected chi connectivity index (χ0v) is 8.26. The molecule has 0 aromatic carbocycles. The minimum absolute atomic E-state index is 0.199. The smallest absolute Gasteiger partial charge is 0.323 e. The van der Waals surface area contributed by atoms with Crippen molar-refractivity contribution < 1.29 is 4.79 Å². The van der Waals surface area contributed by atoms with Gasteiger partial charge in [0.25, 0.3) is 0 Å². The minimum Gasteiger partial charge on any atom is -0.358 e. The summed E-state index contributed by atoms with van der Waals surface area (Å²) in [5.74, 6) is -0.199. The van der Waals surface area contributed by atoms with Crippen molar-refractivity contribution in [2.24, 2.45) is 0 Å². The maximum absolute atomic E-state index is 11.9. The molecule has 0 bridgehead atoms. The minimum atomic E-state index is -0.346. The van der Waals surface area contributed by atoms with Crippen LogP contribution in [0.2, 0.25) is 0 Å². The molecule has 0 fully saturated rings. The number of aromatic nitrogens is 3. The molecule has 2 rings (SSSR count). The molecule has 2 aromatic rings. The molecule has 5 nitrogen and oxygen atoms in total. The van der Waals surface area contributed by atoms with Crippen LogP contribution in [0.1, 0.15) is 28.8 Å². The van der Waals surface area contributed by atoms with Gasteiger partial charge in [0.05, 0.1) is 5.69 Å². The van der Waals surface area contributed by atoms with Crippen molar-refractivity contribution in [2.75, 3.05) is 0 Å². The van der Waals surface area contributed by atoms with Crippen molar-refractivity contribution in [2.45, 2.75) is 13.3 Å². The molecule has 0 aliphatic rings. The van der Waals surface area contributed by atoms with E-state index in [4.69, 9.17) is 0 Å². The number of ketones is 1. The number of imidazole rings is 1. The zero-order valence-electron chi connectivity index (χ0n) is 8.26. The highest BCUT2D eigenvalue weighted by Crippen LogP contribution is 2.08. The molecule has 5 heteroatoms. The topological polar surface area (TPSA) is 81.5 Å². The first-order chi connectivity index (χ1) is 7.22. The van der Waals surface area contributed by atoms with E-state index >= 15 is 0 Å². The Morgan fingerprint density at radius 1 is 1.40 bits per heavy atom. The number of hydrogen-bond acceptors (Lipinski definition) is 2. The maximum Gasteiger partial charge on any atom is 0.323 e. The number of nitrogens with one attached hydrogen (secondary N) is 3. The fraction of sp³-hybridized carbons (Fsp3) is 0.200. The number of H-pyrrole nitrogens is 3. The highest BCUT2D eigenvalue weighted by molar-refractivity contribution is 6.07. The van der Waals surface area contributed by atoms with Crippen LogP contribution in [0.4, 0.5) is 0 Å². The Morgan fingerprint density at radius 3 is 2.80 bits per heavy atom. The van der Waals surface area contributed by atoms with E-state index in [1.54, 1.807) is 18.3 Å². The maximum atomic E-state index is 11.9. The second-order valence-corrected chi connectivity index (χ2v) is 3.20. The van der Waals surface area contributed by atoms with Crippen LogP contribution in [0.15, 0.2) is 23.1 Å². The Kier molecular flexibility index (Phi) is 2.29. The third-order valence-electron chi connectivity index (χ3n) is 2.23. The molecule has 0 saturated heterocycles. The summed E-state index contributed by atoms with van der Waals surface area (Å²) in [6.45, 7) is 1.88. The summed E-state index contributed by atoms with van der Waals surface area (Å²) in [6.07, 6.45) is 2.28. The van der Waals surface area contributed by atoms with Crippen LogP contribution in [0, 0.1) is 0 Å². The average molecular weight is 205 g/mol. The van der Waals surface area contributed by atoms with Gasteiger partial charge in [-0.25, -0.2) is 4.79 Å². The molecule has 2 heterocycles. The van der Waals surface area contributed by atoms with Crippen molar-refractivity contribution in [1.29, 1.82) is 0 Å². The van der Waals surface area contributed by atoms with Gasteiger partial charge in [0.1, 0.15) is 5.69 Å². The Balaban J connectivity index is 2.45. The van der Waals surface area contributed by atoms with E-state index in [9.17, 15) is 9.59 Å². The lowest BCUT2D eigenvalue weighted by molar-refractivity contribution is 0.103. The summed E-state index contributed by atoms with van der Waals surface area (Å²) in [6, 6.07) is 3.41. The summed E-state index contributed by atoms with van der Waals surface area (Å²) in [7, 11) is 0. The van der Waals surface area contributed by atoms with E-state index in [0.717, 1.165) is 0 Å². The first-order valence-corrected chi connectivity index (χ1v) is 4.71. The highest BCUT2D eigenvalue weighted by atomic mass is 16.1. The van der Waals surface area contributed by atoms with E-state index in [2.05, 4.69) is 15.0 Å². The van der Waals surface area contributed by atoms with Gasteiger partial charge < -0.3 is 15.0 Å². The van der Waals surface area contributed by atoms with Crippen molar-refractivity contribution in [3.8, 4) is 0 Å². The van der Waals surface area contributed by atoms with E-state index in [1.165, 1.54) is 0 Å². The van der Waals surface area contributed by atoms with Crippen LogP contribution in [0.25, 0.3) is 0 Å². The quantitative estimate of drug-likeness (QED) is 0.648. The lowest BCUT2D eigenvalue weighted by atomic mass is 10.1. The van der Waals surface area contributed by atoms with Crippen LogP contribution in [0.5, 0.6) is 0 Å². The second kappa shape index (κ2) is 3.61. The second-order valence-electron chi connectivity index (χ2n) is 3.20. The van der Waals surface area contributed by atoms with Gasteiger partial charge in [-0.2, -0.15) is 0 Å². The normalized spacial score (nSPS) is 10.5. The van der Waals surface area contributed by atoms with Crippen LogP contribution in [0.3, 0.4) is 0 Å². The fourth-order valence-electron chi connectivity index (χ4n) is 1.48. The lowest BCUT2D eigenvalue weighted by Crippen LogP contribution is -2.07. The fourth-order valence-corrected chi connectivity index (χ4v) is 1.48. The van der Waals surface area contributed by atoms with Crippen molar-refractivity contribution >= 4 is 5.78 Å². The number of carbonyl (C=O) groups is 1. The monoisotopic (exact) mass is 205 g/mol. The van der Waals surface area contributed by atoms with Crippen molar-refractivity contribution in [3.63, 3.8) is 0 Å². The number of aromatic amines is 3. The first kappa shape index (κ1) is 9.51. The molecule has 78 valence electrons. The molecule has 3 N–H and O–H groups in total. The summed E-state index contributed by atoms with van der Waals surface area (Å²) in [5.41, 5.74) is 1.10. The van der Waals surface area contributed by atoms with Gasteiger partial charge in [0.15, 0.2) is 0 Å². The largest absolute Gasteiger partial charge is 0.358 e. The van der Waals surface area contributed by atoms with Gasteiger partial charge in [-0.1, -0.05) is 6.92 Å². The number of hydrogen-bond donors (Lipinski definition) is 3. The Labute approximate surface area is 85.5 Å². The summed E-state index contributed by atoms with van der Waals surface area (Å²) in [4.78, 5) is 30.9. The van der Waals surface area contributed by atoms with Gasteiger partial charge in [-0.3, -0.25) is 4.79 Å². The van der Waals surface area contributed by atoms with Crippen LogP contribution >= 0.6 is 0 Å². The number of rotatable bonds is 3. The predicted molar refractivity (Wildman–Crippen MR) is 55.0 cm³/mol. The Hall–Kier alpha value is -2.04. The molecule has 0 aliphatic heterocycles. The van der Waals surface area contributed by atoms with Crippen LogP contribution in [-0.4, -0.2) is 20.7 Å². The lowest BCUT2D eigenvalue weighted by Gasteiger charge is -1.97. The highest BCUT2D eigenvalue weighted by Gasteiger charge is 2.16. The van der Waals surface area contributed by atoms with Gasteiger partial charge in [0.2, 0.25) is 5.78 Å². The third-order valence-corrected chi connectivity index (χ3v) is 2.23. The number of aryl methyl sites for hydroxylation is 1. The first-order valence-electron chi connectivity index (χ1n) is 4.71. The van der Waals surface area contributed by atoms with Gasteiger partial charge in [-0.05, 0) is 18.6 Å². The van der Waals surface area contributed by atoms with Crippen LogP contribution in [-0.2, 0) is 6.42 Å². The Morgan fingerprint density at radius 2 is 2.20 bits per heavy atom. The molecule has 15 heavy (non-hydrogen) atoms. The molecule has 0 atom stereocenters. The SMILES string of the molecule is CCc1[nH]c(=O)[nH]c1C(=O)c1ccc[nH]1. The van der Waals surface area contributed by atoms with Gasteiger partial charge in [-0.15, -0.1) is 0 Å². The van der Waals surface area contributed by atoms with Crippen molar-refractivity contribution in [3.05, 3.63) is 45.9 Å². The molecular formula is C10H11N3O2. The molecule has 0 aliphatic carbocycles. The van der Waals surface area contributed by atoms with E-state index < -0.39 is 0 Å². The van der Waals surface area contributed by atoms with E-state index in [-0.39, 0.29) is 11.5 Å². The van der Waals surface area contributed by atoms with E-state index in [0.29, 0.717) is 23.5 Å². The Bertz CT molecular complexity index is 519. The standard InChI is InChI=1S/C10H11N3O2/c1-2-6-8(13-10(15)12-6)9(14)7-4-3-5-11-7/h3-5,11H,2H2,1H3,(H2,12,13,15). The molecule has 0 saturated carbocycles. The third kappa shape index (κ3) is 1.63. The molecule has 0 unspecified atom stereocenters. The zero-order chi connectivity index (χ0) is 10.8. The summed E-state index contributed by atoms with van der Waals surface area (Å²) >= 11 is 0. The summed E-state index contributed by atoms with van der Waals surface area (Å²) < 4.78 is 0. The average Bonchev–Trinajstić information content (AvgIpc) is 2.84. The molecular weight excluding hydrogens is 194 g/mol. The summed E-state index contributed by atoms with van der Waals surface area (Å²) in [5, 5.41) is 0. The van der Waals surface area contributed by atoms with Gasteiger partial charge in [0, 0.05) is 11.9 Å². The molecule has 0 spiro atoms.